The number of carboxylic acids is 1. The molecule has 0 aromatic rings. The predicted molar refractivity (Wildman–Crippen MR) is 93.7 cm³/mol. The van der Waals surface area contributed by atoms with Gasteiger partial charge in [-0.15, -0.1) is 0 Å². The van der Waals surface area contributed by atoms with Gasteiger partial charge in [-0.2, -0.15) is 0 Å². The van der Waals surface area contributed by atoms with Crippen molar-refractivity contribution in [3.05, 3.63) is 11.8 Å². The van der Waals surface area contributed by atoms with Crippen molar-refractivity contribution in [1.29, 1.82) is 0 Å². The summed E-state index contributed by atoms with van der Waals surface area (Å²) in [6.45, 7) is 2.12. The zero-order chi connectivity index (χ0) is 19.1. The van der Waals surface area contributed by atoms with Gasteiger partial charge in [0.25, 0.3) is 0 Å². The molecule has 1 heterocycles. The molecule has 1 saturated carbocycles. The standard InChI is InChI=1S/C20H33FO5.Na/c1-2-3-4-7-13(22)10-11-14-15(23)12-17-19(14)20(21)16(26-17)8-5-6-9-18(24)25;/h8,13-15,17,19-20,22-23H,2-7,9-12H2,1H3,(H,24,25);/q;+1/p-1/b16-8-;/t13-,14-,15+,17+,19+,20+;/m0./s1. The summed E-state index contributed by atoms with van der Waals surface area (Å²) in [6.07, 6.45) is 5.38. The first kappa shape index (κ1) is 24.9. The fourth-order valence-corrected chi connectivity index (χ4v) is 4.26. The number of aliphatic hydroxyl groups excluding tert-OH is 2. The molecular formula is C20H32FNaO5. The first-order chi connectivity index (χ1) is 12.4. The van der Waals surface area contributed by atoms with E-state index in [1.165, 1.54) is 0 Å². The maximum absolute atomic E-state index is 14.8. The van der Waals surface area contributed by atoms with Crippen LogP contribution in [0.1, 0.15) is 71.1 Å². The second-order valence-electron chi connectivity index (χ2n) is 7.70. The third-order valence-electron chi connectivity index (χ3n) is 5.69. The Bertz CT molecular complexity index is 487. The van der Waals surface area contributed by atoms with Crippen LogP contribution >= 0.6 is 0 Å². The molecule has 2 fully saturated rings. The molecule has 150 valence electrons. The van der Waals surface area contributed by atoms with Crippen molar-refractivity contribution in [2.24, 2.45) is 11.8 Å². The van der Waals surface area contributed by atoms with Crippen LogP contribution in [0.3, 0.4) is 0 Å². The molecule has 2 aliphatic rings. The van der Waals surface area contributed by atoms with Crippen LogP contribution in [0.15, 0.2) is 11.8 Å². The number of hydrogen-bond acceptors (Lipinski definition) is 5. The molecule has 0 unspecified atom stereocenters. The van der Waals surface area contributed by atoms with Crippen molar-refractivity contribution in [2.45, 2.75) is 95.6 Å². The van der Waals surface area contributed by atoms with E-state index in [2.05, 4.69) is 6.92 Å². The third kappa shape index (κ3) is 7.32. The monoisotopic (exact) mass is 394 g/mol. The molecule has 2 rings (SSSR count). The third-order valence-corrected chi connectivity index (χ3v) is 5.69. The molecule has 0 aromatic carbocycles. The van der Waals surface area contributed by atoms with Gasteiger partial charge in [-0.05, 0) is 50.5 Å². The smallest absolute Gasteiger partial charge is 0.550 e. The van der Waals surface area contributed by atoms with E-state index in [1.807, 2.05) is 0 Å². The number of alkyl halides is 1. The number of aliphatic carboxylic acids is 1. The van der Waals surface area contributed by atoms with Crippen LogP contribution in [-0.2, 0) is 9.53 Å². The largest absolute Gasteiger partial charge is 1.00 e. The summed E-state index contributed by atoms with van der Waals surface area (Å²) >= 11 is 0. The number of hydrogen-bond donors (Lipinski definition) is 2. The van der Waals surface area contributed by atoms with Crippen molar-refractivity contribution >= 4 is 5.97 Å². The molecule has 0 spiro atoms. The Morgan fingerprint density at radius 2 is 2.11 bits per heavy atom. The fourth-order valence-electron chi connectivity index (χ4n) is 4.26. The normalized spacial score (nSPS) is 32.0. The number of carboxylic acid groups (broad SMARTS) is 1. The zero-order valence-electron chi connectivity index (χ0n) is 16.6. The van der Waals surface area contributed by atoms with E-state index >= 15 is 0 Å². The number of halogens is 1. The Hall–Kier alpha value is -0.140. The molecule has 0 radical (unpaired) electrons. The van der Waals surface area contributed by atoms with E-state index in [9.17, 15) is 24.5 Å². The van der Waals surface area contributed by atoms with Crippen LogP contribution in [0, 0.1) is 11.8 Å². The van der Waals surface area contributed by atoms with E-state index in [4.69, 9.17) is 4.74 Å². The van der Waals surface area contributed by atoms with Crippen LogP contribution < -0.4 is 34.7 Å². The zero-order valence-corrected chi connectivity index (χ0v) is 18.6. The number of allylic oxidation sites excluding steroid dienone is 2. The van der Waals surface area contributed by atoms with Gasteiger partial charge in [0.2, 0.25) is 0 Å². The van der Waals surface area contributed by atoms with Crippen molar-refractivity contribution in [1.82, 2.24) is 0 Å². The van der Waals surface area contributed by atoms with Crippen molar-refractivity contribution in [2.75, 3.05) is 0 Å². The summed E-state index contributed by atoms with van der Waals surface area (Å²) in [4.78, 5) is 10.4. The van der Waals surface area contributed by atoms with Crippen molar-refractivity contribution in [3.63, 3.8) is 0 Å². The topological polar surface area (TPSA) is 89.8 Å². The number of aliphatic hydroxyl groups is 2. The Morgan fingerprint density at radius 1 is 1.37 bits per heavy atom. The minimum atomic E-state index is -1.26. The minimum absolute atomic E-state index is 0. The van der Waals surface area contributed by atoms with Gasteiger partial charge in [0, 0.05) is 18.3 Å². The van der Waals surface area contributed by atoms with E-state index in [0.717, 1.165) is 25.7 Å². The van der Waals surface area contributed by atoms with Crippen LogP contribution in [0.5, 0.6) is 0 Å². The first-order valence-electron chi connectivity index (χ1n) is 10.0. The van der Waals surface area contributed by atoms with Gasteiger partial charge in [0.15, 0.2) is 6.17 Å². The van der Waals surface area contributed by atoms with Crippen molar-refractivity contribution in [3.8, 4) is 0 Å². The maximum Gasteiger partial charge on any atom is 1.00 e. The molecule has 1 aliphatic heterocycles. The number of unbranched alkanes of at least 4 members (excludes halogenated alkanes) is 3. The van der Waals surface area contributed by atoms with Gasteiger partial charge in [0.05, 0.1) is 12.2 Å². The summed E-state index contributed by atoms with van der Waals surface area (Å²) in [5.41, 5.74) is 0. The van der Waals surface area contributed by atoms with Gasteiger partial charge in [-0.1, -0.05) is 26.2 Å². The summed E-state index contributed by atoms with van der Waals surface area (Å²) < 4.78 is 20.5. The number of ether oxygens (including phenoxy) is 1. The number of fused-ring (bicyclic) bond motifs is 1. The van der Waals surface area contributed by atoms with Crippen LogP contribution in [0.2, 0.25) is 0 Å². The van der Waals surface area contributed by atoms with Gasteiger partial charge in [-0.3, -0.25) is 0 Å². The summed E-state index contributed by atoms with van der Waals surface area (Å²) in [5.74, 6) is -1.41. The molecule has 1 aliphatic carbocycles. The molecule has 0 aromatic heterocycles. The Kier molecular flexibility index (Phi) is 11.5. The average molecular weight is 394 g/mol. The molecule has 5 nitrogen and oxygen atoms in total. The Labute approximate surface area is 183 Å². The summed E-state index contributed by atoms with van der Waals surface area (Å²) in [6, 6.07) is 0. The minimum Gasteiger partial charge on any atom is -0.550 e. The van der Waals surface area contributed by atoms with Gasteiger partial charge in [0.1, 0.15) is 11.9 Å². The SMILES string of the molecule is CCCCC[C@H](O)CC[C@@H]1[C@H]2[C@H](F)/C(=C/CCCC(=O)[O-])O[C@@H]2C[C@H]1O.[Na+]. The van der Waals surface area contributed by atoms with Crippen LogP contribution in [0.4, 0.5) is 4.39 Å². The molecule has 6 atom stereocenters. The van der Waals surface area contributed by atoms with Crippen LogP contribution in [-0.4, -0.2) is 40.7 Å². The predicted octanol–water partition coefficient (Wildman–Crippen LogP) is -0.750. The molecular weight excluding hydrogens is 362 g/mol. The van der Waals surface area contributed by atoms with Crippen LogP contribution in [0.25, 0.3) is 0 Å². The molecule has 27 heavy (non-hydrogen) atoms. The van der Waals surface area contributed by atoms with E-state index in [1.54, 1.807) is 6.08 Å². The molecule has 1 saturated heterocycles. The van der Waals surface area contributed by atoms with Gasteiger partial charge >= 0.3 is 29.6 Å². The molecule has 7 heteroatoms. The summed E-state index contributed by atoms with van der Waals surface area (Å²) in [7, 11) is 0. The maximum atomic E-state index is 14.8. The quantitative estimate of drug-likeness (QED) is 0.356. The average Bonchev–Trinajstić information content (AvgIpc) is 3.05. The molecule has 0 amide bonds. The van der Waals surface area contributed by atoms with E-state index in [-0.39, 0.29) is 59.7 Å². The van der Waals surface area contributed by atoms with Gasteiger partial charge in [-0.25, -0.2) is 4.39 Å². The van der Waals surface area contributed by atoms with Gasteiger partial charge < -0.3 is 24.9 Å². The Morgan fingerprint density at radius 3 is 2.78 bits per heavy atom. The van der Waals surface area contributed by atoms with E-state index in [0.29, 0.717) is 32.1 Å². The van der Waals surface area contributed by atoms with E-state index < -0.39 is 24.3 Å². The second-order valence-corrected chi connectivity index (χ2v) is 7.70. The summed E-state index contributed by atoms with van der Waals surface area (Å²) in [5, 5.41) is 30.8. The molecule has 0 bridgehead atoms. The first-order valence-corrected chi connectivity index (χ1v) is 10.0. The van der Waals surface area contributed by atoms with Crippen molar-refractivity contribution < 1.29 is 58.8 Å². The number of carbonyl (C=O) groups excluding carboxylic acids is 1. The number of rotatable bonds is 11. The second kappa shape index (κ2) is 12.4. The fraction of sp³-hybridized carbons (Fsp3) is 0.850. The number of carbonyl (C=O) groups is 1. The molecule has 2 N–H and O–H groups in total. The Balaban J connectivity index is 0.00000364.